The minimum atomic E-state index is -3.85. The molecule has 2 fully saturated rings. The van der Waals surface area contributed by atoms with Crippen LogP contribution in [0, 0.1) is 11.3 Å². The molecule has 3 aromatic rings. The van der Waals surface area contributed by atoms with Crippen LogP contribution >= 0.6 is 0 Å². The average Bonchev–Trinajstić information content (AvgIpc) is 3.64. The zero-order chi connectivity index (χ0) is 27.2. The molecule has 2 aliphatic heterocycles. The minimum Gasteiger partial charge on any atom is -0.380 e. The number of nitrogens with zero attached hydrogens (tertiary/aromatic N) is 4. The van der Waals surface area contributed by atoms with Crippen molar-refractivity contribution < 1.29 is 17.9 Å². The van der Waals surface area contributed by atoms with Crippen LogP contribution in [0.1, 0.15) is 44.9 Å². The number of likely N-dealkylation sites (tertiary alicyclic amines) is 1. The van der Waals surface area contributed by atoms with Gasteiger partial charge >= 0.3 is 0 Å². The van der Waals surface area contributed by atoms with Gasteiger partial charge in [0.05, 0.1) is 34.6 Å². The molecule has 1 amide bonds. The van der Waals surface area contributed by atoms with E-state index in [0.717, 1.165) is 51.9 Å². The fourth-order valence-corrected chi connectivity index (χ4v) is 6.63. The van der Waals surface area contributed by atoms with Gasteiger partial charge < -0.3 is 20.3 Å². The maximum Gasteiger partial charge on any atom is 0.269 e. The molecule has 4 heterocycles. The topological polar surface area (TPSA) is 129 Å². The van der Waals surface area contributed by atoms with Crippen molar-refractivity contribution in [1.82, 2.24) is 13.9 Å². The number of nitriles is 1. The number of pyridine rings is 1. The molecular weight excluding hydrogens is 516 g/mol. The van der Waals surface area contributed by atoms with Crippen LogP contribution in [0.15, 0.2) is 53.7 Å². The third kappa shape index (κ3) is 6.24. The number of amides is 1. The number of anilines is 2. The standard InChI is InChI=1S/C28H34N6O4S/c29-14-5-15-33-16-11-21(12-17-33)31-27-24-13-18-34(39(36,37)23-7-2-1-3-8-23)28(24)30-20-25(27)32-26(35)10-9-22-6-4-19-38-22/h1-3,7-8,13,18,20-22H,4-6,9-12,15-17,19H2,(H,30,31)(H,32,35). The molecule has 0 spiro atoms. The van der Waals surface area contributed by atoms with Crippen LogP contribution in [0.3, 0.4) is 0 Å². The SMILES string of the molecule is N#CCCN1CCC(Nc2c(NC(=O)CCC3CCCO3)cnc3c2ccn3S(=O)(=O)c2ccccc2)CC1. The Labute approximate surface area is 229 Å². The largest absolute Gasteiger partial charge is 0.380 e. The number of ether oxygens (including phenoxy) is 1. The summed E-state index contributed by atoms with van der Waals surface area (Å²) in [6.45, 7) is 3.23. The molecule has 39 heavy (non-hydrogen) atoms. The Morgan fingerprint density at radius 2 is 1.95 bits per heavy atom. The van der Waals surface area contributed by atoms with Gasteiger partial charge in [-0.1, -0.05) is 18.2 Å². The third-order valence-corrected chi connectivity index (χ3v) is 9.13. The molecule has 2 N–H and O–H groups in total. The van der Waals surface area contributed by atoms with Crippen LogP contribution in [0.2, 0.25) is 0 Å². The highest BCUT2D eigenvalue weighted by atomic mass is 32.2. The van der Waals surface area contributed by atoms with Gasteiger partial charge in [0.15, 0.2) is 5.65 Å². The van der Waals surface area contributed by atoms with Crippen molar-refractivity contribution in [3.8, 4) is 6.07 Å². The van der Waals surface area contributed by atoms with Crippen LogP contribution in [-0.2, 0) is 19.6 Å². The van der Waals surface area contributed by atoms with Crippen molar-refractivity contribution in [1.29, 1.82) is 5.26 Å². The number of aromatic nitrogens is 2. The Hall–Kier alpha value is -3.46. The van der Waals surface area contributed by atoms with E-state index in [9.17, 15) is 13.2 Å². The molecule has 1 atom stereocenters. The molecule has 0 aliphatic carbocycles. The second kappa shape index (κ2) is 12.2. The lowest BCUT2D eigenvalue weighted by atomic mass is 10.0. The van der Waals surface area contributed by atoms with Gasteiger partial charge in [-0.15, -0.1) is 0 Å². The van der Waals surface area contributed by atoms with Crippen LogP contribution < -0.4 is 10.6 Å². The number of carbonyl (C=O) groups excluding carboxylic acids is 1. The second-order valence-electron chi connectivity index (χ2n) is 10.1. The normalized spacial score (nSPS) is 18.7. The molecule has 10 nitrogen and oxygen atoms in total. The van der Waals surface area contributed by atoms with Crippen LogP contribution in [0.25, 0.3) is 11.0 Å². The molecule has 11 heteroatoms. The zero-order valence-electron chi connectivity index (χ0n) is 21.9. The number of rotatable bonds is 10. The van der Waals surface area contributed by atoms with Gasteiger partial charge in [-0.2, -0.15) is 5.26 Å². The number of piperidine rings is 1. The quantitative estimate of drug-likeness (QED) is 0.388. The Balaban J connectivity index is 1.42. The minimum absolute atomic E-state index is 0.123. The van der Waals surface area contributed by atoms with E-state index < -0.39 is 10.0 Å². The van der Waals surface area contributed by atoms with Crippen molar-refractivity contribution in [3.05, 3.63) is 48.8 Å². The van der Waals surface area contributed by atoms with Gasteiger partial charge in [0.1, 0.15) is 0 Å². The molecule has 0 saturated carbocycles. The summed E-state index contributed by atoms with van der Waals surface area (Å²) in [6, 6.07) is 12.3. The molecule has 0 bridgehead atoms. The van der Waals surface area contributed by atoms with Gasteiger partial charge in [0.25, 0.3) is 10.0 Å². The Bertz CT molecular complexity index is 1440. The maximum atomic E-state index is 13.4. The summed E-state index contributed by atoms with van der Waals surface area (Å²) in [6.07, 6.45) is 8.41. The first-order valence-electron chi connectivity index (χ1n) is 13.5. The van der Waals surface area contributed by atoms with E-state index in [0.29, 0.717) is 41.7 Å². The number of hydrogen-bond donors (Lipinski definition) is 2. The predicted molar refractivity (Wildman–Crippen MR) is 149 cm³/mol. The summed E-state index contributed by atoms with van der Waals surface area (Å²) in [5, 5.41) is 16.1. The fraction of sp³-hybridized carbons (Fsp3) is 0.464. The smallest absolute Gasteiger partial charge is 0.269 e. The average molecular weight is 551 g/mol. The fourth-order valence-electron chi connectivity index (χ4n) is 5.30. The number of nitrogens with one attached hydrogen (secondary N) is 2. The van der Waals surface area contributed by atoms with E-state index in [4.69, 9.17) is 10.00 Å². The predicted octanol–water partition coefficient (Wildman–Crippen LogP) is 3.96. The number of benzene rings is 1. The van der Waals surface area contributed by atoms with E-state index in [-0.39, 0.29) is 22.9 Å². The number of carbonyl (C=O) groups is 1. The van der Waals surface area contributed by atoms with Crippen molar-refractivity contribution in [2.45, 2.75) is 62.0 Å². The number of hydrogen-bond acceptors (Lipinski definition) is 8. The monoisotopic (exact) mass is 550 g/mol. The molecular formula is C28H34N6O4S. The Morgan fingerprint density at radius 3 is 2.67 bits per heavy atom. The van der Waals surface area contributed by atoms with Gasteiger partial charge in [0.2, 0.25) is 5.91 Å². The van der Waals surface area contributed by atoms with Crippen molar-refractivity contribution in [2.75, 3.05) is 36.9 Å². The maximum absolute atomic E-state index is 13.4. The zero-order valence-corrected chi connectivity index (χ0v) is 22.7. The van der Waals surface area contributed by atoms with E-state index in [1.807, 2.05) is 0 Å². The molecule has 0 radical (unpaired) electrons. The van der Waals surface area contributed by atoms with Gasteiger partial charge in [-0.25, -0.2) is 17.4 Å². The molecule has 2 saturated heterocycles. The molecule has 2 aliphatic rings. The van der Waals surface area contributed by atoms with E-state index >= 15 is 0 Å². The Kier molecular flexibility index (Phi) is 8.45. The van der Waals surface area contributed by atoms with Gasteiger partial charge in [0, 0.05) is 56.7 Å². The van der Waals surface area contributed by atoms with Gasteiger partial charge in [-0.3, -0.25) is 4.79 Å². The molecule has 5 rings (SSSR count). The molecule has 1 aromatic carbocycles. The first kappa shape index (κ1) is 27.1. The lowest BCUT2D eigenvalue weighted by molar-refractivity contribution is -0.116. The van der Waals surface area contributed by atoms with Crippen molar-refractivity contribution in [3.63, 3.8) is 0 Å². The summed E-state index contributed by atoms with van der Waals surface area (Å²) in [7, 11) is -3.85. The van der Waals surface area contributed by atoms with E-state index in [1.165, 1.54) is 16.4 Å². The third-order valence-electron chi connectivity index (χ3n) is 7.45. The highest BCUT2D eigenvalue weighted by Crippen LogP contribution is 2.34. The van der Waals surface area contributed by atoms with Crippen molar-refractivity contribution >= 4 is 38.3 Å². The molecule has 1 unspecified atom stereocenters. The number of fused-ring (bicyclic) bond motifs is 1. The van der Waals surface area contributed by atoms with E-state index in [2.05, 4.69) is 26.6 Å². The van der Waals surface area contributed by atoms with Crippen LogP contribution in [0.4, 0.5) is 11.4 Å². The van der Waals surface area contributed by atoms with Crippen molar-refractivity contribution in [2.24, 2.45) is 0 Å². The highest BCUT2D eigenvalue weighted by molar-refractivity contribution is 7.90. The lowest BCUT2D eigenvalue weighted by Crippen LogP contribution is -2.39. The summed E-state index contributed by atoms with van der Waals surface area (Å²) < 4.78 is 33.6. The molecule has 2 aromatic heterocycles. The second-order valence-corrected chi connectivity index (χ2v) is 11.9. The first-order valence-corrected chi connectivity index (χ1v) is 15.0. The first-order chi connectivity index (χ1) is 19.0. The van der Waals surface area contributed by atoms with E-state index in [1.54, 1.807) is 36.4 Å². The van der Waals surface area contributed by atoms with Gasteiger partial charge in [-0.05, 0) is 50.3 Å². The summed E-state index contributed by atoms with van der Waals surface area (Å²) in [5.74, 6) is -0.127. The van der Waals surface area contributed by atoms with Crippen LogP contribution in [-0.4, -0.2) is 66.6 Å². The summed E-state index contributed by atoms with van der Waals surface area (Å²) >= 11 is 0. The Morgan fingerprint density at radius 1 is 1.15 bits per heavy atom. The summed E-state index contributed by atoms with van der Waals surface area (Å²) in [5.41, 5.74) is 1.50. The lowest BCUT2D eigenvalue weighted by Gasteiger charge is -2.33. The molecule has 206 valence electrons. The van der Waals surface area contributed by atoms with Crippen LogP contribution in [0.5, 0.6) is 0 Å². The highest BCUT2D eigenvalue weighted by Gasteiger charge is 2.25. The summed E-state index contributed by atoms with van der Waals surface area (Å²) in [4.78, 5) is 19.8.